The molecule has 9 heteroatoms. The number of benzene rings is 2. The molecule has 0 unspecified atom stereocenters. The number of aromatic hydroxyl groups is 1. The molecule has 3 heterocycles. The Morgan fingerprint density at radius 3 is 2.31 bits per heavy atom. The monoisotopic (exact) mass is 402 g/mol. The van der Waals surface area contributed by atoms with Crippen LogP contribution in [0, 0.1) is 5.92 Å². The average Bonchev–Trinajstić information content (AvgIpc) is 3.28. The molecule has 9 nitrogen and oxygen atoms in total. The summed E-state index contributed by atoms with van der Waals surface area (Å²) in [7, 11) is 2.82. The van der Waals surface area contributed by atoms with E-state index in [0.29, 0.717) is 28.4 Å². The maximum atomic E-state index is 12.6. The van der Waals surface area contributed by atoms with Gasteiger partial charge in [-0.2, -0.15) is 0 Å². The summed E-state index contributed by atoms with van der Waals surface area (Å²) in [5.41, 5.74) is 1.18. The van der Waals surface area contributed by atoms with Gasteiger partial charge in [-0.05, 0) is 23.8 Å². The third kappa shape index (κ3) is 2.47. The van der Waals surface area contributed by atoms with E-state index in [-0.39, 0.29) is 30.6 Å². The van der Waals surface area contributed by atoms with Gasteiger partial charge in [0.15, 0.2) is 29.6 Å². The van der Waals surface area contributed by atoms with Crippen molar-refractivity contribution in [3.05, 3.63) is 35.4 Å². The highest BCUT2D eigenvalue weighted by molar-refractivity contribution is 5.80. The minimum Gasteiger partial charge on any atom is -0.502 e. The zero-order valence-electron chi connectivity index (χ0n) is 15.6. The summed E-state index contributed by atoms with van der Waals surface area (Å²) >= 11 is 0. The van der Waals surface area contributed by atoms with Gasteiger partial charge >= 0.3 is 5.97 Å². The fraction of sp³-hybridized carbons (Fsp3) is 0.350. The van der Waals surface area contributed by atoms with Gasteiger partial charge in [-0.15, -0.1) is 0 Å². The lowest BCUT2D eigenvalue weighted by molar-refractivity contribution is -0.173. The molecule has 2 aromatic carbocycles. The molecule has 3 aliphatic heterocycles. The van der Waals surface area contributed by atoms with Crippen molar-refractivity contribution < 1.29 is 43.4 Å². The van der Waals surface area contributed by atoms with Gasteiger partial charge in [0.2, 0.25) is 12.5 Å². The van der Waals surface area contributed by atoms with E-state index < -0.39 is 23.6 Å². The maximum absolute atomic E-state index is 12.6. The van der Waals surface area contributed by atoms with Gasteiger partial charge in [0, 0.05) is 17.5 Å². The number of aliphatic hydroxyl groups is 1. The Bertz CT molecular complexity index is 992. The molecule has 0 saturated carbocycles. The summed E-state index contributed by atoms with van der Waals surface area (Å²) in [6.45, 7) is -0.229. The van der Waals surface area contributed by atoms with E-state index in [4.69, 9.17) is 28.4 Å². The number of esters is 1. The molecule has 29 heavy (non-hydrogen) atoms. The standard InChI is InChI=1S/C20H18O9/c1-24-14-3-9(4-15(25-2)18(14)21)16-10-5-12-13(28-8-27-12)6-11(10)29-20(23)7-26-19(22)17(16)20/h3-6,16-17,21,23H,7-8H2,1-2H3/t16-,17-,20-/m1/s1. The molecular formula is C20H18O9. The molecule has 152 valence electrons. The first-order valence-corrected chi connectivity index (χ1v) is 8.91. The van der Waals surface area contributed by atoms with E-state index in [2.05, 4.69) is 0 Å². The van der Waals surface area contributed by atoms with Gasteiger partial charge < -0.3 is 38.6 Å². The highest BCUT2D eigenvalue weighted by Crippen LogP contribution is 2.55. The van der Waals surface area contributed by atoms with Crippen LogP contribution >= 0.6 is 0 Å². The lowest BCUT2D eigenvalue weighted by Gasteiger charge is -2.38. The molecule has 2 aromatic rings. The third-order valence-corrected chi connectivity index (χ3v) is 5.48. The minimum atomic E-state index is -1.85. The first-order chi connectivity index (χ1) is 13.9. The Morgan fingerprint density at radius 2 is 1.66 bits per heavy atom. The normalized spacial score (nSPS) is 26.2. The van der Waals surface area contributed by atoms with Crippen LogP contribution in [0.3, 0.4) is 0 Å². The number of carbonyl (C=O) groups is 1. The molecular weight excluding hydrogens is 384 g/mol. The molecule has 1 fully saturated rings. The number of hydrogen-bond acceptors (Lipinski definition) is 9. The number of phenolic OH excluding ortho intramolecular Hbond substituents is 1. The highest BCUT2D eigenvalue weighted by atomic mass is 16.7. The lowest BCUT2D eigenvalue weighted by atomic mass is 9.75. The second kappa shape index (κ2) is 6.08. The fourth-order valence-corrected chi connectivity index (χ4v) is 4.13. The Morgan fingerprint density at radius 1 is 1.00 bits per heavy atom. The number of methoxy groups -OCH3 is 2. The van der Waals surface area contributed by atoms with Crippen LogP contribution in [0.5, 0.6) is 34.5 Å². The van der Waals surface area contributed by atoms with Gasteiger partial charge in [0.1, 0.15) is 11.7 Å². The predicted octanol–water partition coefficient (Wildman–Crippen LogP) is 1.52. The van der Waals surface area contributed by atoms with Crippen molar-refractivity contribution in [2.45, 2.75) is 11.7 Å². The number of ether oxygens (including phenoxy) is 6. The predicted molar refractivity (Wildman–Crippen MR) is 95.6 cm³/mol. The van der Waals surface area contributed by atoms with E-state index >= 15 is 0 Å². The largest absolute Gasteiger partial charge is 0.502 e. The van der Waals surface area contributed by atoms with Crippen LogP contribution in [-0.2, 0) is 9.53 Å². The van der Waals surface area contributed by atoms with Crippen molar-refractivity contribution in [3.8, 4) is 34.5 Å². The molecule has 2 N–H and O–H groups in total. The lowest BCUT2D eigenvalue weighted by Crippen LogP contribution is -2.50. The van der Waals surface area contributed by atoms with Crippen LogP contribution in [0.4, 0.5) is 0 Å². The van der Waals surface area contributed by atoms with E-state index in [9.17, 15) is 15.0 Å². The topological polar surface area (TPSA) is 113 Å². The number of hydrogen-bond donors (Lipinski definition) is 2. The number of carbonyl (C=O) groups excluding carboxylic acids is 1. The van der Waals surface area contributed by atoms with Crippen molar-refractivity contribution >= 4 is 5.97 Å². The second-order valence-corrected chi connectivity index (χ2v) is 7.03. The summed E-state index contributed by atoms with van der Waals surface area (Å²) in [6, 6.07) is 6.53. The maximum Gasteiger partial charge on any atom is 0.317 e. The molecule has 5 rings (SSSR count). The van der Waals surface area contributed by atoms with Crippen molar-refractivity contribution in [1.29, 1.82) is 0 Å². The Kier molecular flexibility index (Phi) is 3.72. The van der Waals surface area contributed by atoms with Crippen LogP contribution in [0.15, 0.2) is 24.3 Å². The van der Waals surface area contributed by atoms with Gasteiger partial charge in [-0.1, -0.05) is 0 Å². The van der Waals surface area contributed by atoms with Crippen LogP contribution in [-0.4, -0.2) is 49.6 Å². The first kappa shape index (κ1) is 17.7. The number of phenols is 1. The Labute approximate surface area is 165 Å². The average molecular weight is 402 g/mol. The van der Waals surface area contributed by atoms with Crippen LogP contribution in [0.1, 0.15) is 17.0 Å². The van der Waals surface area contributed by atoms with E-state index in [1.807, 2.05) is 0 Å². The Hall–Kier alpha value is -3.33. The molecule has 0 amide bonds. The van der Waals surface area contributed by atoms with Gasteiger partial charge in [-0.25, -0.2) is 0 Å². The Balaban J connectivity index is 1.75. The SMILES string of the molecule is COc1cc([C@@H]2c3cc4c(cc3O[C@]3(O)COC(=O)[C@@H]23)OCO4)cc(OC)c1O. The van der Waals surface area contributed by atoms with Crippen molar-refractivity contribution in [2.24, 2.45) is 5.92 Å². The smallest absolute Gasteiger partial charge is 0.317 e. The van der Waals surface area contributed by atoms with Gasteiger partial charge in [0.05, 0.1) is 14.2 Å². The van der Waals surface area contributed by atoms with E-state index in [0.717, 1.165) is 0 Å². The van der Waals surface area contributed by atoms with Crippen LogP contribution in [0.25, 0.3) is 0 Å². The molecule has 1 saturated heterocycles. The number of fused-ring (bicyclic) bond motifs is 3. The van der Waals surface area contributed by atoms with Crippen LogP contribution < -0.4 is 23.7 Å². The first-order valence-electron chi connectivity index (χ1n) is 8.91. The van der Waals surface area contributed by atoms with Crippen molar-refractivity contribution in [3.63, 3.8) is 0 Å². The summed E-state index contributed by atoms with van der Waals surface area (Å²) in [4.78, 5) is 12.6. The summed E-state index contributed by atoms with van der Waals surface area (Å²) in [5.74, 6) is -2.63. The molecule has 0 aromatic heterocycles. The van der Waals surface area contributed by atoms with E-state index in [1.54, 1.807) is 24.3 Å². The highest BCUT2D eigenvalue weighted by Gasteiger charge is 2.59. The zero-order chi connectivity index (χ0) is 20.3. The molecule has 3 aliphatic rings. The second-order valence-electron chi connectivity index (χ2n) is 7.03. The molecule has 0 bridgehead atoms. The summed E-state index contributed by atoms with van der Waals surface area (Å²) < 4.78 is 32.3. The third-order valence-electron chi connectivity index (χ3n) is 5.48. The summed E-state index contributed by atoms with van der Waals surface area (Å²) in [6.07, 6.45) is 0. The number of cyclic esters (lactones) is 1. The van der Waals surface area contributed by atoms with Gasteiger partial charge in [-0.3, -0.25) is 4.79 Å². The fourth-order valence-electron chi connectivity index (χ4n) is 4.13. The quantitative estimate of drug-likeness (QED) is 0.738. The molecule has 3 atom stereocenters. The molecule has 0 aliphatic carbocycles. The van der Waals surface area contributed by atoms with Crippen molar-refractivity contribution in [1.82, 2.24) is 0 Å². The van der Waals surface area contributed by atoms with E-state index in [1.165, 1.54) is 14.2 Å². The molecule has 0 spiro atoms. The van der Waals surface area contributed by atoms with Crippen molar-refractivity contribution in [2.75, 3.05) is 27.6 Å². The zero-order valence-corrected chi connectivity index (χ0v) is 15.6. The number of rotatable bonds is 3. The molecule has 0 radical (unpaired) electrons. The minimum absolute atomic E-state index is 0.0689. The summed E-state index contributed by atoms with van der Waals surface area (Å²) in [5, 5.41) is 21.3. The van der Waals surface area contributed by atoms with Gasteiger partial charge in [0.25, 0.3) is 5.79 Å². The van der Waals surface area contributed by atoms with Crippen LogP contribution in [0.2, 0.25) is 0 Å².